The number of anilines is 1. The Balaban J connectivity index is 1.87. The maximum absolute atomic E-state index is 13.7. The fraction of sp³-hybridized carbons (Fsp3) is 0.158. The summed E-state index contributed by atoms with van der Waals surface area (Å²) in [5.41, 5.74) is -0.0630. The SMILES string of the molecule is NS(=O)(=O)c1cc(NC(=O)Cc2ccccc2F)ccc1-n1cc(CC(F)(F)F)cn1. The predicted molar refractivity (Wildman–Crippen MR) is 103 cm³/mol. The number of alkyl halides is 3. The van der Waals surface area contributed by atoms with Gasteiger partial charge >= 0.3 is 6.18 Å². The number of aromatic nitrogens is 2. The molecule has 3 N–H and O–H groups in total. The van der Waals surface area contributed by atoms with Gasteiger partial charge in [0, 0.05) is 11.9 Å². The number of hydrogen-bond acceptors (Lipinski definition) is 4. The number of primary sulfonamides is 1. The lowest BCUT2D eigenvalue weighted by Gasteiger charge is -2.12. The third-order valence-corrected chi connectivity index (χ3v) is 5.09. The lowest BCUT2D eigenvalue weighted by molar-refractivity contribution is -0.127. The lowest BCUT2D eigenvalue weighted by atomic mass is 10.1. The largest absolute Gasteiger partial charge is 0.393 e. The van der Waals surface area contributed by atoms with Gasteiger partial charge in [-0.2, -0.15) is 18.3 Å². The number of nitrogens with one attached hydrogen (secondary N) is 1. The molecular weight excluding hydrogens is 440 g/mol. The number of carbonyl (C=O) groups is 1. The van der Waals surface area contributed by atoms with Crippen molar-refractivity contribution in [3.63, 3.8) is 0 Å². The van der Waals surface area contributed by atoms with Crippen LogP contribution in [0.1, 0.15) is 11.1 Å². The van der Waals surface area contributed by atoms with E-state index in [1.807, 2.05) is 0 Å². The van der Waals surface area contributed by atoms with Crippen LogP contribution in [0.4, 0.5) is 23.2 Å². The van der Waals surface area contributed by atoms with Gasteiger partial charge < -0.3 is 5.32 Å². The Morgan fingerprint density at radius 1 is 1.16 bits per heavy atom. The molecule has 0 bridgehead atoms. The Labute approximate surface area is 174 Å². The minimum absolute atomic E-state index is 0.0526. The third-order valence-electron chi connectivity index (χ3n) is 4.15. The number of amides is 1. The highest BCUT2D eigenvalue weighted by atomic mass is 32.2. The fourth-order valence-corrected chi connectivity index (χ4v) is 3.59. The minimum Gasteiger partial charge on any atom is -0.326 e. The first kappa shape index (κ1) is 22.4. The summed E-state index contributed by atoms with van der Waals surface area (Å²) in [6, 6.07) is 9.30. The van der Waals surface area contributed by atoms with Gasteiger partial charge in [-0.3, -0.25) is 4.79 Å². The van der Waals surface area contributed by atoms with Gasteiger partial charge in [0.25, 0.3) is 0 Å². The quantitative estimate of drug-likeness (QED) is 0.556. The van der Waals surface area contributed by atoms with E-state index in [0.717, 1.165) is 23.1 Å². The number of halogens is 4. The van der Waals surface area contributed by atoms with Gasteiger partial charge in [0.1, 0.15) is 10.7 Å². The molecule has 3 aromatic rings. The minimum atomic E-state index is -4.46. The van der Waals surface area contributed by atoms with Crippen LogP contribution in [0.3, 0.4) is 0 Å². The Kier molecular flexibility index (Phi) is 6.13. The molecule has 1 aromatic heterocycles. The van der Waals surface area contributed by atoms with E-state index < -0.39 is 39.2 Å². The van der Waals surface area contributed by atoms with E-state index in [0.29, 0.717) is 0 Å². The van der Waals surface area contributed by atoms with Crippen LogP contribution in [0.5, 0.6) is 0 Å². The first-order chi connectivity index (χ1) is 14.4. The van der Waals surface area contributed by atoms with Crippen LogP contribution < -0.4 is 10.5 Å². The second kappa shape index (κ2) is 8.47. The summed E-state index contributed by atoms with van der Waals surface area (Å²) < 4.78 is 76.4. The van der Waals surface area contributed by atoms with Crippen LogP contribution in [0.25, 0.3) is 5.69 Å². The van der Waals surface area contributed by atoms with Crippen molar-refractivity contribution in [2.24, 2.45) is 5.14 Å². The molecule has 0 aliphatic carbocycles. The average Bonchev–Trinajstić information content (AvgIpc) is 3.09. The number of benzene rings is 2. The van der Waals surface area contributed by atoms with Crippen molar-refractivity contribution < 1.29 is 30.8 Å². The van der Waals surface area contributed by atoms with Crippen LogP contribution in [0.15, 0.2) is 59.8 Å². The molecule has 0 unspecified atom stereocenters. The molecule has 7 nitrogen and oxygen atoms in total. The zero-order valence-electron chi connectivity index (χ0n) is 15.7. The van der Waals surface area contributed by atoms with Gasteiger partial charge in [0.05, 0.1) is 24.7 Å². The summed E-state index contributed by atoms with van der Waals surface area (Å²) >= 11 is 0. The van der Waals surface area contributed by atoms with Crippen LogP contribution in [-0.4, -0.2) is 30.3 Å². The van der Waals surface area contributed by atoms with E-state index in [9.17, 15) is 30.8 Å². The molecule has 0 aliphatic rings. The second-order valence-corrected chi connectivity index (χ2v) is 8.16. The molecule has 1 amide bonds. The van der Waals surface area contributed by atoms with Crippen molar-refractivity contribution in [3.05, 3.63) is 71.8 Å². The number of sulfonamides is 1. The van der Waals surface area contributed by atoms with Crippen LogP contribution >= 0.6 is 0 Å². The average molecular weight is 456 g/mol. The highest BCUT2D eigenvalue weighted by molar-refractivity contribution is 7.89. The monoisotopic (exact) mass is 456 g/mol. The zero-order valence-corrected chi connectivity index (χ0v) is 16.5. The standard InChI is InChI=1S/C19H16F4N4O3S/c20-15-4-2-1-3-13(15)7-18(28)26-14-5-6-16(17(8-14)31(24,29)30)27-11-12(10-25-27)9-19(21,22)23/h1-6,8,10-11H,7,9H2,(H,26,28)(H2,24,29,30). The predicted octanol–water partition coefficient (Wildman–Crippen LogP) is 2.94. The normalized spacial score (nSPS) is 12.0. The second-order valence-electron chi connectivity index (χ2n) is 6.63. The number of rotatable bonds is 6. The molecule has 0 fully saturated rings. The third kappa shape index (κ3) is 5.89. The molecule has 164 valence electrons. The van der Waals surface area contributed by atoms with Gasteiger partial charge in [-0.15, -0.1) is 0 Å². The van der Waals surface area contributed by atoms with Gasteiger partial charge in [-0.1, -0.05) is 18.2 Å². The molecule has 0 atom stereocenters. The Morgan fingerprint density at radius 3 is 2.52 bits per heavy atom. The van der Waals surface area contributed by atoms with Crippen molar-refractivity contribution in [1.82, 2.24) is 9.78 Å². The smallest absolute Gasteiger partial charge is 0.326 e. The summed E-state index contributed by atoms with van der Waals surface area (Å²) in [4.78, 5) is 11.7. The number of carbonyl (C=O) groups excluding carboxylic acids is 1. The first-order valence-corrected chi connectivity index (χ1v) is 10.3. The zero-order chi connectivity index (χ0) is 22.8. The molecule has 0 aliphatic heterocycles. The Morgan fingerprint density at radius 2 is 1.87 bits per heavy atom. The Bertz CT molecular complexity index is 1220. The maximum Gasteiger partial charge on any atom is 0.393 e. The van der Waals surface area contributed by atoms with E-state index in [4.69, 9.17) is 5.14 Å². The molecule has 0 spiro atoms. The maximum atomic E-state index is 13.7. The number of nitrogens with zero attached hydrogens (tertiary/aromatic N) is 2. The van der Waals surface area contributed by atoms with E-state index in [2.05, 4.69) is 10.4 Å². The molecular formula is C19H16F4N4O3S. The van der Waals surface area contributed by atoms with Gasteiger partial charge in [0.2, 0.25) is 15.9 Å². The van der Waals surface area contributed by atoms with Gasteiger partial charge in [-0.25, -0.2) is 22.6 Å². The van der Waals surface area contributed by atoms with Crippen LogP contribution in [0, 0.1) is 5.82 Å². The van der Waals surface area contributed by atoms with Crippen molar-refractivity contribution in [2.45, 2.75) is 23.9 Å². The molecule has 0 saturated carbocycles. The van der Waals surface area contributed by atoms with Crippen LogP contribution in [0.2, 0.25) is 0 Å². The van der Waals surface area contributed by atoms with Crippen LogP contribution in [-0.2, 0) is 27.7 Å². The summed E-state index contributed by atoms with van der Waals surface area (Å²) in [5.74, 6) is -1.17. The number of nitrogens with two attached hydrogens (primary N) is 1. The number of hydrogen-bond donors (Lipinski definition) is 2. The highest BCUT2D eigenvalue weighted by Crippen LogP contribution is 2.25. The molecule has 0 radical (unpaired) electrons. The first-order valence-electron chi connectivity index (χ1n) is 8.73. The molecule has 0 saturated heterocycles. The van der Waals surface area contributed by atoms with Crippen molar-refractivity contribution in [3.8, 4) is 5.69 Å². The van der Waals surface area contributed by atoms with Crippen molar-refractivity contribution in [2.75, 3.05) is 5.32 Å². The van der Waals surface area contributed by atoms with E-state index in [1.165, 1.54) is 30.3 Å². The van der Waals surface area contributed by atoms with E-state index >= 15 is 0 Å². The molecule has 2 aromatic carbocycles. The summed E-state index contributed by atoms with van der Waals surface area (Å²) in [6.07, 6.45) is -3.98. The highest BCUT2D eigenvalue weighted by Gasteiger charge is 2.28. The van der Waals surface area contributed by atoms with Gasteiger partial charge in [0.15, 0.2) is 0 Å². The van der Waals surface area contributed by atoms with Gasteiger partial charge in [-0.05, 0) is 35.4 Å². The molecule has 12 heteroatoms. The lowest BCUT2D eigenvalue weighted by Crippen LogP contribution is -2.18. The molecule has 1 heterocycles. The summed E-state index contributed by atoms with van der Waals surface area (Å²) in [5, 5.41) is 11.4. The summed E-state index contributed by atoms with van der Waals surface area (Å²) in [7, 11) is -4.33. The summed E-state index contributed by atoms with van der Waals surface area (Å²) in [6.45, 7) is 0. The molecule has 3 rings (SSSR count). The van der Waals surface area contributed by atoms with E-state index in [-0.39, 0.29) is 28.9 Å². The van der Waals surface area contributed by atoms with E-state index in [1.54, 1.807) is 6.07 Å². The topological polar surface area (TPSA) is 107 Å². The fourth-order valence-electron chi connectivity index (χ4n) is 2.84. The Hall–Kier alpha value is -3.25. The van der Waals surface area contributed by atoms with Crippen molar-refractivity contribution >= 4 is 21.6 Å². The van der Waals surface area contributed by atoms with Crippen molar-refractivity contribution in [1.29, 1.82) is 0 Å². The molecule has 31 heavy (non-hydrogen) atoms.